The van der Waals surface area contributed by atoms with Gasteiger partial charge in [-0.05, 0) is 50.1 Å². The number of nitrogens with one attached hydrogen (secondary N) is 1. The number of hydrogen-bond donors (Lipinski definition) is 1. The molecule has 2 aromatic heterocycles. The number of carbonyl (C=O) groups excluding carboxylic acids is 1. The molecule has 1 N–H and O–H groups in total. The molecular weight excluding hydrogens is 444 g/mol. The molecule has 3 aromatic rings. The minimum atomic E-state index is -0.187. The average molecular weight is 475 g/mol. The van der Waals surface area contributed by atoms with Gasteiger partial charge >= 0.3 is 0 Å². The van der Waals surface area contributed by atoms with Crippen molar-refractivity contribution in [3.63, 3.8) is 0 Å². The van der Waals surface area contributed by atoms with E-state index in [-0.39, 0.29) is 18.1 Å². The number of amides is 1. The number of rotatable bonds is 10. The van der Waals surface area contributed by atoms with Crippen LogP contribution >= 0.6 is 0 Å². The highest BCUT2D eigenvalue weighted by Gasteiger charge is 2.07. The summed E-state index contributed by atoms with van der Waals surface area (Å²) >= 11 is 0. The Labute approximate surface area is 204 Å². The summed E-state index contributed by atoms with van der Waals surface area (Å²) in [7, 11) is 1.83. The number of benzene rings is 1. The molecule has 0 spiro atoms. The van der Waals surface area contributed by atoms with Crippen molar-refractivity contribution in [1.29, 1.82) is 0 Å². The molecule has 9 heteroatoms. The van der Waals surface area contributed by atoms with Crippen LogP contribution in [0.25, 0.3) is 11.3 Å². The first-order chi connectivity index (χ1) is 16.9. The number of aliphatic imine (C=N–C) groups is 1. The second kappa shape index (κ2) is 12.3. The Bertz CT molecular complexity index is 1320. The Hall–Kier alpha value is -4.27. The lowest BCUT2D eigenvalue weighted by Crippen LogP contribution is -2.26. The number of nitrogens with zero attached hydrogens (tertiary/aromatic N) is 5. The Morgan fingerprint density at radius 1 is 1.26 bits per heavy atom. The van der Waals surface area contributed by atoms with E-state index < -0.39 is 0 Å². The van der Waals surface area contributed by atoms with Gasteiger partial charge < -0.3 is 10.1 Å². The van der Waals surface area contributed by atoms with Crippen molar-refractivity contribution in [1.82, 2.24) is 24.9 Å². The van der Waals surface area contributed by atoms with Gasteiger partial charge in [-0.15, -0.1) is 0 Å². The fourth-order valence-corrected chi connectivity index (χ4v) is 3.26. The molecule has 0 bridgehead atoms. The highest BCUT2D eigenvalue weighted by atomic mass is 16.5. The minimum Gasteiger partial charge on any atom is -0.482 e. The molecule has 35 heavy (non-hydrogen) atoms. The van der Waals surface area contributed by atoms with Crippen molar-refractivity contribution in [3.8, 4) is 11.3 Å². The van der Waals surface area contributed by atoms with Gasteiger partial charge in [0.1, 0.15) is 5.76 Å². The van der Waals surface area contributed by atoms with Crippen LogP contribution in [0.4, 0.5) is 0 Å². The van der Waals surface area contributed by atoms with E-state index in [9.17, 15) is 9.59 Å². The second-order valence-electron chi connectivity index (χ2n) is 7.81. The molecule has 2 heterocycles. The number of ether oxygens (including phenoxy) is 1. The third kappa shape index (κ3) is 7.36. The predicted octanol–water partition coefficient (Wildman–Crippen LogP) is 3.07. The molecule has 0 atom stereocenters. The first-order valence-corrected chi connectivity index (χ1v) is 11.3. The van der Waals surface area contributed by atoms with Crippen molar-refractivity contribution in [2.75, 3.05) is 13.2 Å². The summed E-state index contributed by atoms with van der Waals surface area (Å²) in [6.45, 7) is 6.40. The van der Waals surface area contributed by atoms with Crippen LogP contribution in [-0.4, -0.2) is 44.3 Å². The van der Waals surface area contributed by atoms with Gasteiger partial charge in [0.2, 0.25) is 0 Å². The van der Waals surface area contributed by atoms with E-state index in [2.05, 4.69) is 20.5 Å². The standard InChI is InChI=1S/C26H30N6O3/c1-5-8-23(35-18-25(33)27-6-2)15-28-19(3)21-10-7-9-20(13-21)16-32-26(34)12-11-24(30-32)22-14-29-31(4)17-22/h5,7-15,17H,6,16,18H2,1-4H3,(H,27,33)/b8-5?,23-15+,28-19+. The summed E-state index contributed by atoms with van der Waals surface area (Å²) in [6, 6.07) is 11.0. The van der Waals surface area contributed by atoms with Crippen LogP contribution in [0.3, 0.4) is 0 Å². The molecular formula is C26H30N6O3. The van der Waals surface area contributed by atoms with Crippen molar-refractivity contribution in [2.45, 2.75) is 27.3 Å². The van der Waals surface area contributed by atoms with Crippen LogP contribution in [0, 0.1) is 0 Å². The summed E-state index contributed by atoms with van der Waals surface area (Å²) < 4.78 is 8.68. The van der Waals surface area contributed by atoms with Crippen molar-refractivity contribution < 1.29 is 9.53 Å². The largest absolute Gasteiger partial charge is 0.482 e. The fourth-order valence-electron chi connectivity index (χ4n) is 3.26. The average Bonchev–Trinajstić information content (AvgIpc) is 3.28. The second-order valence-corrected chi connectivity index (χ2v) is 7.81. The van der Waals surface area contributed by atoms with E-state index in [1.807, 2.05) is 64.4 Å². The molecule has 0 radical (unpaired) electrons. The van der Waals surface area contributed by atoms with Gasteiger partial charge in [-0.1, -0.05) is 24.3 Å². The molecule has 182 valence electrons. The third-order valence-corrected chi connectivity index (χ3v) is 5.00. The zero-order valence-corrected chi connectivity index (χ0v) is 20.4. The predicted molar refractivity (Wildman–Crippen MR) is 136 cm³/mol. The Morgan fingerprint density at radius 3 is 2.80 bits per heavy atom. The number of likely N-dealkylation sites (N-methyl/N-ethyl adjacent to an activating group) is 1. The zero-order chi connectivity index (χ0) is 25.2. The van der Waals surface area contributed by atoms with Gasteiger partial charge in [-0.25, -0.2) is 4.68 Å². The summed E-state index contributed by atoms with van der Waals surface area (Å²) in [6.07, 6.45) is 8.73. The smallest absolute Gasteiger partial charge is 0.267 e. The Balaban J connectivity index is 1.78. The first kappa shape index (κ1) is 25.4. The number of allylic oxidation sites excluding steroid dienone is 2. The van der Waals surface area contributed by atoms with Gasteiger partial charge in [0.15, 0.2) is 6.61 Å². The van der Waals surface area contributed by atoms with E-state index in [4.69, 9.17) is 4.74 Å². The van der Waals surface area contributed by atoms with Gasteiger partial charge in [0.25, 0.3) is 11.5 Å². The van der Waals surface area contributed by atoms with E-state index in [1.165, 1.54) is 10.7 Å². The number of hydrogen-bond acceptors (Lipinski definition) is 6. The third-order valence-electron chi connectivity index (χ3n) is 5.00. The molecule has 3 rings (SSSR count). The minimum absolute atomic E-state index is 0.0755. The highest BCUT2D eigenvalue weighted by Crippen LogP contribution is 2.14. The lowest BCUT2D eigenvalue weighted by Gasteiger charge is -2.09. The molecule has 9 nitrogen and oxygen atoms in total. The fraction of sp³-hybridized carbons (Fsp3) is 0.269. The topological polar surface area (TPSA) is 103 Å². The van der Waals surface area contributed by atoms with Crippen molar-refractivity contribution >= 4 is 11.6 Å². The lowest BCUT2D eigenvalue weighted by molar-refractivity contribution is -0.124. The Kier molecular flexibility index (Phi) is 8.89. The van der Waals surface area contributed by atoms with Gasteiger partial charge in [0.05, 0.1) is 24.6 Å². The first-order valence-electron chi connectivity index (χ1n) is 11.3. The summed E-state index contributed by atoms with van der Waals surface area (Å²) in [4.78, 5) is 28.6. The molecule has 0 aliphatic rings. The van der Waals surface area contributed by atoms with E-state index in [0.29, 0.717) is 24.5 Å². The monoisotopic (exact) mass is 474 g/mol. The van der Waals surface area contributed by atoms with E-state index in [1.54, 1.807) is 29.2 Å². The zero-order valence-electron chi connectivity index (χ0n) is 20.4. The molecule has 0 saturated heterocycles. The molecule has 0 aliphatic carbocycles. The van der Waals surface area contributed by atoms with Gasteiger partial charge in [0, 0.05) is 37.1 Å². The maximum Gasteiger partial charge on any atom is 0.267 e. The van der Waals surface area contributed by atoms with E-state index in [0.717, 1.165) is 22.4 Å². The quantitative estimate of drug-likeness (QED) is 0.276. The summed E-state index contributed by atoms with van der Waals surface area (Å²) in [5.41, 5.74) is 3.92. The molecule has 1 aromatic carbocycles. The number of aromatic nitrogens is 4. The Morgan fingerprint density at radius 2 is 2.09 bits per heavy atom. The van der Waals surface area contributed by atoms with Crippen LogP contribution in [0.1, 0.15) is 31.9 Å². The van der Waals surface area contributed by atoms with E-state index >= 15 is 0 Å². The highest BCUT2D eigenvalue weighted by molar-refractivity contribution is 5.99. The van der Waals surface area contributed by atoms with Crippen LogP contribution in [0.15, 0.2) is 82.7 Å². The summed E-state index contributed by atoms with van der Waals surface area (Å²) in [5.74, 6) is 0.296. The summed E-state index contributed by atoms with van der Waals surface area (Å²) in [5, 5.41) is 11.4. The SMILES string of the molecule is CC=C/C(=C\N=C(/C)c1cccc(Cn2nc(-c3cnn(C)c3)ccc2=O)c1)OCC(=O)NCC. The maximum absolute atomic E-state index is 12.4. The van der Waals surface area contributed by atoms with Crippen LogP contribution in [0.2, 0.25) is 0 Å². The normalized spacial score (nSPS) is 12.2. The van der Waals surface area contributed by atoms with Crippen LogP contribution in [-0.2, 0) is 23.1 Å². The van der Waals surface area contributed by atoms with Gasteiger partial charge in [-0.3, -0.25) is 19.3 Å². The van der Waals surface area contributed by atoms with Crippen LogP contribution < -0.4 is 10.9 Å². The molecule has 0 saturated carbocycles. The molecule has 1 amide bonds. The lowest BCUT2D eigenvalue weighted by atomic mass is 10.1. The number of aryl methyl sites for hydroxylation is 1. The molecule has 0 unspecified atom stereocenters. The van der Waals surface area contributed by atoms with Gasteiger partial charge in [-0.2, -0.15) is 10.2 Å². The van der Waals surface area contributed by atoms with Crippen molar-refractivity contribution in [2.24, 2.45) is 12.0 Å². The van der Waals surface area contributed by atoms with Crippen LogP contribution in [0.5, 0.6) is 0 Å². The molecule has 0 aliphatic heterocycles. The van der Waals surface area contributed by atoms with Crippen molar-refractivity contribution in [3.05, 3.63) is 94.4 Å². The number of carbonyl (C=O) groups is 1. The maximum atomic E-state index is 12.4. The molecule has 0 fully saturated rings.